The van der Waals surface area contributed by atoms with Gasteiger partial charge < -0.3 is 9.94 Å². The number of ether oxygens (including phenoxy) is 1. The second-order valence-corrected chi connectivity index (χ2v) is 2.34. The molecule has 56 valence electrons. The van der Waals surface area contributed by atoms with Crippen molar-refractivity contribution >= 4 is 0 Å². The van der Waals surface area contributed by atoms with Gasteiger partial charge in [-0.2, -0.15) is 0 Å². The highest BCUT2D eigenvalue weighted by molar-refractivity contribution is 4.72. The lowest BCUT2D eigenvalue weighted by molar-refractivity contribution is -0.0234. The molecule has 0 aliphatic rings. The van der Waals surface area contributed by atoms with Crippen molar-refractivity contribution in [2.45, 2.75) is 25.9 Å². The predicted molar refractivity (Wildman–Crippen MR) is 35.5 cm³/mol. The third kappa shape index (κ3) is 2.79. The zero-order chi connectivity index (χ0) is 7.33. The molecular formula is C6H15NO2. The van der Waals surface area contributed by atoms with Crippen molar-refractivity contribution in [2.24, 2.45) is 0 Å². The first-order chi connectivity index (χ1) is 4.18. The highest BCUT2D eigenvalue weighted by Crippen LogP contribution is 2.11. The zero-order valence-electron chi connectivity index (χ0n) is 6.27. The van der Waals surface area contributed by atoms with Crippen LogP contribution < -0.4 is 5.48 Å². The number of rotatable bonds is 4. The van der Waals surface area contributed by atoms with E-state index in [1.165, 1.54) is 0 Å². The summed E-state index contributed by atoms with van der Waals surface area (Å²) in [5.41, 5.74) is 1.86. The molecule has 0 bridgehead atoms. The predicted octanol–water partition coefficient (Wildman–Crippen LogP) is 0.780. The molecule has 2 N–H and O–H groups in total. The molecule has 0 amide bonds. The zero-order valence-corrected chi connectivity index (χ0v) is 6.27. The van der Waals surface area contributed by atoms with Crippen molar-refractivity contribution in [3.63, 3.8) is 0 Å². The van der Waals surface area contributed by atoms with E-state index in [1.807, 2.05) is 13.8 Å². The molecule has 0 aliphatic heterocycles. The number of methoxy groups -OCH3 is 1. The lowest BCUT2D eigenvalue weighted by atomic mass is 10.0. The maximum atomic E-state index is 8.33. The van der Waals surface area contributed by atoms with Crippen LogP contribution in [-0.4, -0.2) is 24.5 Å². The topological polar surface area (TPSA) is 41.5 Å². The van der Waals surface area contributed by atoms with Gasteiger partial charge >= 0.3 is 0 Å². The largest absolute Gasteiger partial charge is 0.377 e. The number of hydrogen-bond acceptors (Lipinski definition) is 3. The smallest absolute Gasteiger partial charge is 0.0795 e. The Labute approximate surface area is 56.0 Å². The summed E-state index contributed by atoms with van der Waals surface area (Å²) in [6.07, 6.45) is 0.886. The van der Waals surface area contributed by atoms with Gasteiger partial charge in [-0.25, -0.2) is 5.48 Å². The van der Waals surface area contributed by atoms with Gasteiger partial charge in [-0.05, 0) is 13.3 Å². The van der Waals surface area contributed by atoms with Crippen molar-refractivity contribution in [2.75, 3.05) is 13.7 Å². The van der Waals surface area contributed by atoms with Crippen LogP contribution in [-0.2, 0) is 4.74 Å². The molecule has 0 spiro atoms. The Kier molecular flexibility index (Phi) is 3.77. The highest BCUT2D eigenvalue weighted by atomic mass is 16.5. The number of nitrogens with one attached hydrogen (secondary N) is 1. The first kappa shape index (κ1) is 8.88. The molecule has 0 saturated heterocycles. The maximum Gasteiger partial charge on any atom is 0.0795 e. The van der Waals surface area contributed by atoms with E-state index in [0.717, 1.165) is 6.42 Å². The minimum Gasteiger partial charge on any atom is -0.377 e. The Hall–Kier alpha value is -0.120. The molecule has 0 aromatic heterocycles. The highest BCUT2D eigenvalue weighted by Gasteiger charge is 2.19. The minimum atomic E-state index is -0.227. The maximum absolute atomic E-state index is 8.33. The van der Waals surface area contributed by atoms with Crippen molar-refractivity contribution in [1.29, 1.82) is 0 Å². The third-order valence-corrected chi connectivity index (χ3v) is 1.69. The average Bonchev–Trinajstić information content (AvgIpc) is 1.89. The van der Waals surface area contributed by atoms with Crippen LogP contribution in [0.25, 0.3) is 0 Å². The molecule has 0 radical (unpaired) electrons. The van der Waals surface area contributed by atoms with Crippen LogP contribution in [0.2, 0.25) is 0 Å². The second-order valence-electron chi connectivity index (χ2n) is 2.34. The molecule has 0 aromatic carbocycles. The van der Waals surface area contributed by atoms with Gasteiger partial charge in [0.25, 0.3) is 0 Å². The summed E-state index contributed by atoms with van der Waals surface area (Å²) in [6.45, 7) is 4.43. The van der Waals surface area contributed by atoms with Gasteiger partial charge in [0.15, 0.2) is 0 Å². The summed E-state index contributed by atoms with van der Waals surface area (Å²) >= 11 is 0. The summed E-state index contributed by atoms with van der Waals surface area (Å²) in [5.74, 6) is 0. The fourth-order valence-electron chi connectivity index (χ4n) is 0.509. The monoisotopic (exact) mass is 133 g/mol. The summed E-state index contributed by atoms with van der Waals surface area (Å²) in [5, 5.41) is 8.33. The summed E-state index contributed by atoms with van der Waals surface area (Å²) in [4.78, 5) is 0. The van der Waals surface area contributed by atoms with Gasteiger partial charge in [-0.15, -0.1) is 0 Å². The van der Waals surface area contributed by atoms with Gasteiger partial charge in [0.05, 0.1) is 5.60 Å². The normalized spacial score (nSPS) is 17.3. The van der Waals surface area contributed by atoms with E-state index in [1.54, 1.807) is 7.11 Å². The van der Waals surface area contributed by atoms with Crippen molar-refractivity contribution in [1.82, 2.24) is 5.48 Å². The molecule has 0 heterocycles. The molecule has 0 saturated carbocycles. The number of hydrogen-bond donors (Lipinski definition) is 2. The first-order valence-electron chi connectivity index (χ1n) is 3.10. The van der Waals surface area contributed by atoms with Crippen LogP contribution >= 0.6 is 0 Å². The van der Waals surface area contributed by atoms with Gasteiger partial charge in [-0.3, -0.25) is 0 Å². The summed E-state index contributed by atoms with van der Waals surface area (Å²) in [6, 6.07) is 0. The first-order valence-corrected chi connectivity index (χ1v) is 3.10. The van der Waals surface area contributed by atoms with Crippen LogP contribution in [0.15, 0.2) is 0 Å². The van der Waals surface area contributed by atoms with Gasteiger partial charge in [-0.1, -0.05) is 6.92 Å². The molecule has 3 heteroatoms. The molecule has 9 heavy (non-hydrogen) atoms. The van der Waals surface area contributed by atoms with Crippen molar-refractivity contribution in [3.8, 4) is 0 Å². The van der Waals surface area contributed by atoms with E-state index in [4.69, 9.17) is 9.94 Å². The van der Waals surface area contributed by atoms with Crippen LogP contribution in [0.5, 0.6) is 0 Å². The Balaban J connectivity index is 3.62. The minimum absolute atomic E-state index is 0.227. The Morgan fingerprint density at radius 3 is 2.33 bits per heavy atom. The molecule has 0 aliphatic carbocycles. The van der Waals surface area contributed by atoms with E-state index in [9.17, 15) is 0 Å². The Bertz CT molecular complexity index is 71.5. The Morgan fingerprint density at radius 1 is 1.67 bits per heavy atom. The lowest BCUT2D eigenvalue weighted by Gasteiger charge is -2.25. The fourth-order valence-corrected chi connectivity index (χ4v) is 0.509. The van der Waals surface area contributed by atoms with Crippen LogP contribution in [0.1, 0.15) is 20.3 Å². The quantitative estimate of drug-likeness (QED) is 0.557. The van der Waals surface area contributed by atoms with E-state index < -0.39 is 0 Å². The molecule has 0 rings (SSSR count). The molecule has 0 fully saturated rings. The van der Waals surface area contributed by atoms with Gasteiger partial charge in [0.1, 0.15) is 0 Å². The summed E-state index contributed by atoms with van der Waals surface area (Å²) in [7, 11) is 1.64. The van der Waals surface area contributed by atoms with Crippen molar-refractivity contribution < 1.29 is 9.94 Å². The average molecular weight is 133 g/mol. The molecule has 1 unspecified atom stereocenters. The van der Waals surface area contributed by atoms with E-state index in [0.29, 0.717) is 6.54 Å². The van der Waals surface area contributed by atoms with E-state index in [2.05, 4.69) is 5.48 Å². The van der Waals surface area contributed by atoms with Crippen molar-refractivity contribution in [3.05, 3.63) is 0 Å². The molecule has 0 aromatic rings. The lowest BCUT2D eigenvalue weighted by Crippen LogP contribution is -2.37. The van der Waals surface area contributed by atoms with E-state index >= 15 is 0 Å². The van der Waals surface area contributed by atoms with Crippen LogP contribution in [0.3, 0.4) is 0 Å². The molecule has 3 nitrogen and oxygen atoms in total. The van der Waals surface area contributed by atoms with Crippen LogP contribution in [0.4, 0.5) is 0 Å². The van der Waals surface area contributed by atoms with E-state index in [-0.39, 0.29) is 5.60 Å². The Morgan fingerprint density at radius 2 is 2.22 bits per heavy atom. The number of hydroxylamine groups is 1. The van der Waals surface area contributed by atoms with Gasteiger partial charge in [0.2, 0.25) is 0 Å². The van der Waals surface area contributed by atoms with Crippen LogP contribution in [0, 0.1) is 0 Å². The fraction of sp³-hybridized carbons (Fsp3) is 1.00. The van der Waals surface area contributed by atoms with Gasteiger partial charge in [0, 0.05) is 13.7 Å². The molecule has 1 atom stereocenters. The second kappa shape index (κ2) is 3.82. The third-order valence-electron chi connectivity index (χ3n) is 1.69. The molecular weight excluding hydrogens is 118 g/mol. The summed E-state index contributed by atoms with van der Waals surface area (Å²) < 4.78 is 5.10. The SMILES string of the molecule is CCC(C)(CNO)OC. The standard InChI is InChI=1S/C6H15NO2/c1-4-6(2,9-3)5-7-8/h7-8H,4-5H2,1-3H3.